The minimum atomic E-state index is -3.10. The minimum absolute atomic E-state index is 0.384. The van der Waals surface area contributed by atoms with Crippen LogP contribution >= 0.6 is 0 Å². The van der Waals surface area contributed by atoms with Crippen molar-refractivity contribution in [1.29, 1.82) is 0 Å². The Labute approximate surface area is 106 Å². The number of hydrogen-bond acceptors (Lipinski definition) is 4. The zero-order chi connectivity index (χ0) is 13.0. The molecule has 0 amide bonds. The van der Waals surface area contributed by atoms with Gasteiger partial charge in [-0.2, -0.15) is 0 Å². The lowest BCUT2D eigenvalue weighted by atomic mass is 10.2. The van der Waals surface area contributed by atoms with Gasteiger partial charge >= 0.3 is 0 Å². The molecule has 0 saturated carbocycles. The fourth-order valence-electron chi connectivity index (χ4n) is 1.72. The molecular weight excluding hydrogens is 252 g/mol. The van der Waals surface area contributed by atoms with Crippen LogP contribution in [0, 0.1) is 0 Å². The van der Waals surface area contributed by atoms with Crippen LogP contribution in [-0.2, 0) is 16.6 Å². The third-order valence-electron chi connectivity index (χ3n) is 2.54. The molecule has 0 radical (unpaired) electrons. The predicted octanol–water partition coefficient (Wildman–Crippen LogP) is 1.07. The van der Waals surface area contributed by atoms with Crippen molar-refractivity contribution in [2.75, 3.05) is 19.3 Å². The van der Waals surface area contributed by atoms with E-state index in [2.05, 4.69) is 10.0 Å². The molecule has 0 atom stereocenters. The van der Waals surface area contributed by atoms with Crippen molar-refractivity contribution in [2.24, 2.45) is 0 Å². The fraction of sp³-hybridized carbons (Fsp3) is 0.333. The molecule has 1 heterocycles. The zero-order valence-corrected chi connectivity index (χ0v) is 11.0. The second kappa shape index (κ2) is 5.51. The quantitative estimate of drug-likeness (QED) is 0.769. The average Bonchev–Trinajstić information content (AvgIpc) is 2.71. The molecule has 0 unspecified atom stereocenters. The van der Waals surface area contributed by atoms with Crippen molar-refractivity contribution in [3.63, 3.8) is 0 Å². The first-order valence-electron chi connectivity index (χ1n) is 5.67. The second-order valence-corrected chi connectivity index (χ2v) is 5.93. The van der Waals surface area contributed by atoms with Gasteiger partial charge in [0, 0.05) is 30.6 Å². The zero-order valence-electron chi connectivity index (χ0n) is 10.1. The molecule has 0 spiro atoms. The van der Waals surface area contributed by atoms with Crippen molar-refractivity contribution >= 4 is 21.0 Å². The smallest absolute Gasteiger partial charge is 0.208 e. The number of fused-ring (bicyclic) bond motifs is 1. The molecule has 0 bridgehead atoms. The maximum Gasteiger partial charge on any atom is 0.208 e. The summed E-state index contributed by atoms with van der Waals surface area (Å²) in [6, 6.07) is 7.82. The molecule has 0 aliphatic heterocycles. The Morgan fingerprint density at radius 1 is 1.22 bits per heavy atom. The van der Waals surface area contributed by atoms with E-state index in [1.165, 1.54) is 0 Å². The third kappa shape index (κ3) is 3.56. The molecule has 6 heteroatoms. The molecule has 0 aliphatic rings. The van der Waals surface area contributed by atoms with Crippen LogP contribution in [0.25, 0.3) is 11.0 Å². The first-order valence-corrected chi connectivity index (χ1v) is 7.56. The van der Waals surface area contributed by atoms with Crippen LogP contribution in [0.4, 0.5) is 0 Å². The summed E-state index contributed by atoms with van der Waals surface area (Å²) in [5.74, 6) is 0. The molecule has 2 rings (SSSR count). The highest BCUT2D eigenvalue weighted by Crippen LogP contribution is 2.20. The Kier molecular flexibility index (Phi) is 4.00. The number of hydrogen-bond donors (Lipinski definition) is 2. The number of nitrogens with one attached hydrogen (secondary N) is 2. The maximum atomic E-state index is 10.8. The largest absolute Gasteiger partial charge is 0.464 e. The Balaban J connectivity index is 1.84. The van der Waals surface area contributed by atoms with Gasteiger partial charge in [-0.3, -0.25) is 0 Å². The van der Waals surface area contributed by atoms with E-state index in [-0.39, 0.29) is 0 Å². The predicted molar refractivity (Wildman–Crippen MR) is 70.8 cm³/mol. The van der Waals surface area contributed by atoms with Gasteiger partial charge in [0.05, 0.1) is 12.5 Å². The molecule has 18 heavy (non-hydrogen) atoms. The van der Waals surface area contributed by atoms with E-state index in [1.807, 2.05) is 24.3 Å². The summed E-state index contributed by atoms with van der Waals surface area (Å²) >= 11 is 0. The number of furan rings is 1. The average molecular weight is 268 g/mol. The lowest BCUT2D eigenvalue weighted by molar-refractivity contribution is 0.579. The van der Waals surface area contributed by atoms with E-state index in [1.54, 1.807) is 6.26 Å². The first kappa shape index (κ1) is 13.1. The normalized spacial score (nSPS) is 12.1. The third-order valence-corrected chi connectivity index (χ3v) is 3.27. The second-order valence-electron chi connectivity index (χ2n) is 4.10. The molecule has 1 aromatic heterocycles. The molecule has 2 N–H and O–H groups in total. The molecule has 2 aromatic rings. The Morgan fingerprint density at radius 3 is 2.78 bits per heavy atom. The van der Waals surface area contributed by atoms with E-state index in [0.717, 1.165) is 22.8 Å². The topological polar surface area (TPSA) is 71.3 Å². The Morgan fingerprint density at radius 2 is 2.00 bits per heavy atom. The van der Waals surface area contributed by atoms with E-state index >= 15 is 0 Å². The maximum absolute atomic E-state index is 10.8. The van der Waals surface area contributed by atoms with E-state index in [4.69, 9.17) is 4.42 Å². The van der Waals surface area contributed by atoms with Crippen LogP contribution in [-0.4, -0.2) is 27.8 Å². The standard InChI is InChI=1S/C12H16N2O3S/c1-18(15,16)14-7-6-13-8-10-9-17-12-5-3-2-4-11(10)12/h2-5,9,13-14H,6-8H2,1H3. The molecule has 0 saturated heterocycles. The molecule has 0 aliphatic carbocycles. The molecule has 1 aromatic carbocycles. The fourth-order valence-corrected chi connectivity index (χ4v) is 2.19. The highest BCUT2D eigenvalue weighted by molar-refractivity contribution is 7.88. The summed E-state index contributed by atoms with van der Waals surface area (Å²) in [6.07, 6.45) is 2.87. The van der Waals surface area contributed by atoms with Gasteiger partial charge in [0.15, 0.2) is 0 Å². The van der Waals surface area contributed by atoms with Gasteiger partial charge in [-0.15, -0.1) is 0 Å². The first-order chi connectivity index (χ1) is 8.56. The number of rotatable bonds is 6. The van der Waals surface area contributed by atoms with Gasteiger partial charge in [-0.05, 0) is 6.07 Å². The van der Waals surface area contributed by atoms with E-state index in [9.17, 15) is 8.42 Å². The van der Waals surface area contributed by atoms with Crippen molar-refractivity contribution in [3.8, 4) is 0 Å². The summed E-state index contributed by atoms with van der Waals surface area (Å²) in [4.78, 5) is 0. The summed E-state index contributed by atoms with van der Waals surface area (Å²) < 4.78 is 29.5. The Hall–Kier alpha value is -1.37. The van der Waals surface area contributed by atoms with Crippen molar-refractivity contribution in [2.45, 2.75) is 6.54 Å². The summed E-state index contributed by atoms with van der Waals surface area (Å²) in [5.41, 5.74) is 1.94. The number of para-hydroxylation sites is 1. The van der Waals surface area contributed by atoms with E-state index < -0.39 is 10.0 Å². The van der Waals surface area contributed by atoms with Gasteiger partial charge in [0.1, 0.15) is 5.58 Å². The monoisotopic (exact) mass is 268 g/mol. The van der Waals surface area contributed by atoms with Gasteiger partial charge in [-0.25, -0.2) is 13.1 Å². The Bertz CT molecular complexity index is 619. The van der Waals surface area contributed by atoms with Crippen LogP contribution in [0.15, 0.2) is 34.9 Å². The molecule has 5 nitrogen and oxygen atoms in total. The highest BCUT2D eigenvalue weighted by atomic mass is 32.2. The minimum Gasteiger partial charge on any atom is -0.464 e. The van der Waals surface area contributed by atoms with Gasteiger partial charge < -0.3 is 9.73 Å². The summed E-state index contributed by atoms with van der Waals surface area (Å²) in [7, 11) is -3.10. The van der Waals surface area contributed by atoms with E-state index in [0.29, 0.717) is 19.6 Å². The van der Waals surface area contributed by atoms with Gasteiger partial charge in [0.25, 0.3) is 0 Å². The summed E-state index contributed by atoms with van der Waals surface area (Å²) in [5, 5.41) is 4.25. The van der Waals surface area contributed by atoms with Crippen molar-refractivity contribution < 1.29 is 12.8 Å². The van der Waals surface area contributed by atoms with Crippen LogP contribution in [0.5, 0.6) is 0 Å². The number of sulfonamides is 1. The highest BCUT2D eigenvalue weighted by Gasteiger charge is 2.04. The van der Waals surface area contributed by atoms with Gasteiger partial charge in [0.2, 0.25) is 10.0 Å². The van der Waals surface area contributed by atoms with Crippen molar-refractivity contribution in [1.82, 2.24) is 10.0 Å². The van der Waals surface area contributed by atoms with Crippen LogP contribution in [0.1, 0.15) is 5.56 Å². The number of benzene rings is 1. The molecular formula is C12H16N2O3S. The van der Waals surface area contributed by atoms with Crippen molar-refractivity contribution in [3.05, 3.63) is 36.1 Å². The molecule has 0 fully saturated rings. The van der Waals surface area contributed by atoms with Crippen LogP contribution in [0.3, 0.4) is 0 Å². The van der Waals surface area contributed by atoms with Crippen LogP contribution < -0.4 is 10.0 Å². The molecule has 98 valence electrons. The summed E-state index contributed by atoms with van der Waals surface area (Å²) in [6.45, 7) is 1.61. The van der Waals surface area contributed by atoms with Gasteiger partial charge in [-0.1, -0.05) is 18.2 Å². The van der Waals surface area contributed by atoms with Crippen LogP contribution in [0.2, 0.25) is 0 Å². The lowest BCUT2D eigenvalue weighted by Crippen LogP contribution is -2.30. The SMILES string of the molecule is CS(=O)(=O)NCCNCc1coc2ccccc12. The lowest BCUT2D eigenvalue weighted by Gasteiger charge is -2.04.